The van der Waals surface area contributed by atoms with Crippen LogP contribution in [0.15, 0.2) is 30.3 Å². The molecule has 0 N–H and O–H groups in total. The summed E-state index contributed by atoms with van der Waals surface area (Å²) in [7, 11) is 0. The molecule has 2 aromatic rings. The van der Waals surface area contributed by atoms with Gasteiger partial charge in [0, 0.05) is 31.0 Å². The highest BCUT2D eigenvalue weighted by Crippen LogP contribution is 2.41. The average Bonchev–Trinajstić information content (AvgIpc) is 3.18. The molecule has 7 heteroatoms. The maximum atomic E-state index is 13.7. The number of carbonyl (C=O) groups excluding carboxylic acids is 1. The zero-order chi connectivity index (χ0) is 18.9. The molecule has 2 unspecified atom stereocenters. The van der Waals surface area contributed by atoms with Gasteiger partial charge in [0.15, 0.2) is 5.78 Å². The lowest BCUT2D eigenvalue weighted by Crippen LogP contribution is -2.32. The minimum atomic E-state index is -0.734. The summed E-state index contributed by atoms with van der Waals surface area (Å²) in [5.41, 5.74) is 0.145. The second-order valence-electron chi connectivity index (χ2n) is 7.09. The minimum absolute atomic E-state index is 0.0343. The summed E-state index contributed by atoms with van der Waals surface area (Å²) in [4.78, 5) is 13.8. The quantitative estimate of drug-likeness (QED) is 0.723. The van der Waals surface area contributed by atoms with Crippen LogP contribution in [0.4, 0.5) is 19.0 Å². The van der Waals surface area contributed by atoms with Gasteiger partial charge in [-0.3, -0.25) is 13.6 Å². The van der Waals surface area contributed by atoms with E-state index in [1.165, 1.54) is 19.1 Å². The monoisotopic (exact) mass is 365 g/mol. The lowest BCUT2D eigenvalue weighted by Gasteiger charge is -2.26. The Morgan fingerprint density at radius 1 is 1.31 bits per heavy atom. The summed E-state index contributed by atoms with van der Waals surface area (Å²) in [6, 6.07) is 7.40. The Morgan fingerprint density at radius 2 is 2.00 bits per heavy atom. The van der Waals surface area contributed by atoms with Gasteiger partial charge in [-0.05, 0) is 44.0 Å². The Balaban J connectivity index is 2.04. The van der Waals surface area contributed by atoms with Gasteiger partial charge in [-0.1, -0.05) is 0 Å². The third-order valence-electron chi connectivity index (χ3n) is 5.09. The normalized spacial score (nSPS) is 22.8. The first-order chi connectivity index (χ1) is 12.4. The van der Waals surface area contributed by atoms with Crippen LogP contribution in [0, 0.1) is 11.2 Å². The lowest BCUT2D eigenvalue weighted by molar-refractivity contribution is 0.101. The third-order valence-corrected chi connectivity index (χ3v) is 5.09. The molecule has 1 aromatic carbocycles. The van der Waals surface area contributed by atoms with Crippen molar-refractivity contribution < 1.29 is 18.0 Å². The number of benzene rings is 1. The van der Waals surface area contributed by atoms with Gasteiger partial charge in [0.05, 0.1) is 19.0 Å². The summed E-state index contributed by atoms with van der Waals surface area (Å²) in [6.07, 6.45) is 0.687. The fraction of sp³-hybridized carbons (Fsp3) is 0.474. The number of ketones is 1. The summed E-state index contributed by atoms with van der Waals surface area (Å²) < 4.78 is 41.5. The van der Waals surface area contributed by atoms with E-state index in [4.69, 9.17) is 0 Å². The maximum absolute atomic E-state index is 13.7. The number of hydrogen-bond acceptors (Lipinski definition) is 3. The van der Waals surface area contributed by atoms with Gasteiger partial charge in [0.2, 0.25) is 0 Å². The van der Waals surface area contributed by atoms with Crippen molar-refractivity contribution in [2.24, 2.45) is 5.41 Å². The standard InChI is InChI=1S/C19H22F3N3O/c1-13-10-19(11-21,7-8-20)12-24(13)18-9-17(14(2)26)23-25(18)16-5-3-15(22)4-6-16/h3-6,9,13H,7-8,10-12H2,1-2H3. The topological polar surface area (TPSA) is 38.1 Å². The van der Waals surface area contributed by atoms with E-state index in [-0.39, 0.29) is 29.8 Å². The van der Waals surface area contributed by atoms with Crippen molar-refractivity contribution >= 4 is 11.6 Å². The van der Waals surface area contributed by atoms with Gasteiger partial charge < -0.3 is 4.90 Å². The van der Waals surface area contributed by atoms with E-state index in [1.807, 2.05) is 11.8 Å². The number of Topliss-reactive ketones (excluding diaryl/α,β-unsaturated/α-hetero) is 1. The fourth-order valence-corrected chi connectivity index (χ4v) is 3.69. The van der Waals surface area contributed by atoms with Crippen molar-refractivity contribution in [3.63, 3.8) is 0 Å². The van der Waals surface area contributed by atoms with Crippen LogP contribution in [-0.2, 0) is 0 Å². The van der Waals surface area contributed by atoms with Crippen molar-refractivity contribution in [2.75, 3.05) is 24.8 Å². The molecule has 1 saturated heterocycles. The summed E-state index contributed by atoms with van der Waals surface area (Å²) in [6.45, 7) is 2.55. The van der Waals surface area contributed by atoms with Crippen LogP contribution in [0.25, 0.3) is 5.69 Å². The van der Waals surface area contributed by atoms with Crippen LogP contribution < -0.4 is 4.90 Å². The lowest BCUT2D eigenvalue weighted by atomic mass is 9.84. The Kier molecular flexibility index (Phi) is 5.07. The molecule has 0 bridgehead atoms. The number of aromatic nitrogens is 2. The van der Waals surface area contributed by atoms with E-state index in [0.29, 0.717) is 24.5 Å². The second-order valence-corrected chi connectivity index (χ2v) is 7.09. The largest absolute Gasteiger partial charge is 0.353 e. The zero-order valence-electron chi connectivity index (χ0n) is 14.9. The molecule has 0 radical (unpaired) electrons. The molecule has 0 saturated carbocycles. The molecule has 1 aliphatic heterocycles. The summed E-state index contributed by atoms with van der Waals surface area (Å²) in [5, 5.41) is 4.34. The number of hydrogen-bond donors (Lipinski definition) is 0. The van der Waals surface area contributed by atoms with Gasteiger partial charge in [-0.2, -0.15) is 5.10 Å². The van der Waals surface area contributed by atoms with Crippen LogP contribution in [-0.4, -0.2) is 41.5 Å². The van der Waals surface area contributed by atoms with Crippen LogP contribution >= 0.6 is 0 Å². The van der Waals surface area contributed by atoms with Gasteiger partial charge in [0.25, 0.3) is 0 Å². The van der Waals surface area contributed by atoms with E-state index in [0.717, 1.165) is 0 Å². The van der Waals surface area contributed by atoms with E-state index < -0.39 is 18.8 Å². The predicted octanol–water partition coefficient (Wildman–Crippen LogP) is 4.13. The smallest absolute Gasteiger partial charge is 0.180 e. The Bertz CT molecular complexity index is 790. The molecular formula is C19H22F3N3O. The Morgan fingerprint density at radius 3 is 2.58 bits per heavy atom. The second kappa shape index (κ2) is 7.13. The summed E-state index contributed by atoms with van der Waals surface area (Å²) in [5.74, 6) is 0.0612. The van der Waals surface area contributed by atoms with E-state index >= 15 is 0 Å². The minimum Gasteiger partial charge on any atom is -0.353 e. The molecule has 140 valence electrons. The van der Waals surface area contributed by atoms with Gasteiger partial charge in [-0.25, -0.2) is 9.07 Å². The Hall–Kier alpha value is -2.31. The number of carbonyl (C=O) groups is 1. The van der Waals surface area contributed by atoms with E-state index in [2.05, 4.69) is 5.10 Å². The van der Waals surface area contributed by atoms with Crippen LogP contribution in [0.2, 0.25) is 0 Å². The van der Waals surface area contributed by atoms with Crippen molar-refractivity contribution in [3.05, 3.63) is 41.8 Å². The first kappa shape index (κ1) is 18.5. The molecule has 3 rings (SSSR count). The average molecular weight is 365 g/mol. The molecule has 0 aliphatic carbocycles. The highest BCUT2D eigenvalue weighted by Gasteiger charge is 2.43. The van der Waals surface area contributed by atoms with Crippen molar-refractivity contribution in [1.29, 1.82) is 0 Å². The molecule has 0 spiro atoms. The maximum Gasteiger partial charge on any atom is 0.180 e. The molecule has 1 aliphatic rings. The van der Waals surface area contributed by atoms with Crippen LogP contribution in [0.1, 0.15) is 37.2 Å². The van der Waals surface area contributed by atoms with Crippen molar-refractivity contribution in [2.45, 2.75) is 32.7 Å². The number of nitrogens with zero attached hydrogens (tertiary/aromatic N) is 3. The number of anilines is 1. The number of alkyl halides is 2. The Labute approximate surface area is 150 Å². The third kappa shape index (κ3) is 3.34. The van der Waals surface area contributed by atoms with Crippen LogP contribution in [0.3, 0.4) is 0 Å². The van der Waals surface area contributed by atoms with Gasteiger partial charge in [-0.15, -0.1) is 0 Å². The highest BCUT2D eigenvalue weighted by atomic mass is 19.1. The molecule has 1 fully saturated rings. The van der Waals surface area contributed by atoms with E-state index in [1.54, 1.807) is 22.9 Å². The molecular weight excluding hydrogens is 343 g/mol. The van der Waals surface area contributed by atoms with Crippen molar-refractivity contribution in [1.82, 2.24) is 9.78 Å². The van der Waals surface area contributed by atoms with Gasteiger partial charge >= 0.3 is 0 Å². The zero-order valence-corrected chi connectivity index (χ0v) is 14.9. The number of rotatable bonds is 6. The molecule has 4 nitrogen and oxygen atoms in total. The fourth-order valence-electron chi connectivity index (χ4n) is 3.69. The molecule has 2 atom stereocenters. The van der Waals surface area contributed by atoms with Crippen LogP contribution in [0.5, 0.6) is 0 Å². The first-order valence-corrected chi connectivity index (χ1v) is 8.65. The van der Waals surface area contributed by atoms with E-state index in [9.17, 15) is 18.0 Å². The molecule has 2 heterocycles. The SMILES string of the molecule is CC(=O)c1cc(N2CC(CF)(CCF)CC2C)n(-c2ccc(F)cc2)n1. The first-order valence-electron chi connectivity index (χ1n) is 8.65. The predicted molar refractivity (Wildman–Crippen MR) is 94.0 cm³/mol. The molecule has 0 amide bonds. The number of halogens is 3. The van der Waals surface area contributed by atoms with Gasteiger partial charge in [0.1, 0.15) is 17.3 Å². The highest BCUT2D eigenvalue weighted by molar-refractivity contribution is 5.93. The molecule has 26 heavy (non-hydrogen) atoms. The van der Waals surface area contributed by atoms with Crippen molar-refractivity contribution in [3.8, 4) is 5.69 Å². The molecule has 1 aromatic heterocycles. The summed E-state index contributed by atoms with van der Waals surface area (Å²) >= 11 is 0.